The molecule has 0 aliphatic heterocycles. The molecule has 2 rings (SSSR count). The highest BCUT2D eigenvalue weighted by Crippen LogP contribution is 2.36. The molecule has 0 spiro atoms. The second-order valence-electron chi connectivity index (χ2n) is 5.43. The summed E-state index contributed by atoms with van der Waals surface area (Å²) in [5.74, 6) is 2.14. The molecule has 1 aliphatic carbocycles. The van der Waals surface area contributed by atoms with E-state index in [1.165, 1.54) is 49.7 Å². The Hall–Kier alpha value is -0.490. The molecule has 1 aliphatic rings. The zero-order valence-electron chi connectivity index (χ0n) is 10.8. The van der Waals surface area contributed by atoms with Gasteiger partial charge >= 0.3 is 0 Å². The van der Waals surface area contributed by atoms with Crippen molar-refractivity contribution in [3.8, 4) is 0 Å². The first kappa shape index (κ1) is 13.0. The van der Waals surface area contributed by atoms with Gasteiger partial charge in [-0.15, -0.1) is 11.6 Å². The Labute approximate surface area is 110 Å². The van der Waals surface area contributed by atoms with Gasteiger partial charge in [0.05, 0.1) is 0 Å². The number of hydrogen-bond donors (Lipinski definition) is 0. The summed E-state index contributed by atoms with van der Waals surface area (Å²) in [5, 5.41) is 0. The standard InChI is InChI=1S/C16H23Cl/c1-13-7-6-10-15(11-13)16(12-17)14-8-4-2-3-5-9-14/h6-7,10-11,14,16H,2-5,8-9,12H2,1H3. The normalized spacial score (nSPS) is 19.9. The zero-order chi connectivity index (χ0) is 12.1. The minimum Gasteiger partial charge on any atom is -0.126 e. The molecule has 0 saturated heterocycles. The van der Waals surface area contributed by atoms with Crippen LogP contribution in [0.1, 0.15) is 55.6 Å². The van der Waals surface area contributed by atoms with Crippen molar-refractivity contribution in [2.24, 2.45) is 5.92 Å². The maximum absolute atomic E-state index is 6.24. The molecule has 0 nitrogen and oxygen atoms in total. The predicted molar refractivity (Wildman–Crippen MR) is 75.8 cm³/mol. The van der Waals surface area contributed by atoms with Crippen LogP contribution in [0, 0.1) is 12.8 Å². The summed E-state index contributed by atoms with van der Waals surface area (Å²) in [6.45, 7) is 2.17. The third kappa shape index (κ3) is 3.48. The Kier molecular flexibility index (Phi) is 4.91. The zero-order valence-corrected chi connectivity index (χ0v) is 11.5. The maximum Gasteiger partial charge on any atom is 0.0294 e. The number of halogens is 1. The molecule has 1 fully saturated rings. The van der Waals surface area contributed by atoms with Crippen LogP contribution in [0.25, 0.3) is 0 Å². The topological polar surface area (TPSA) is 0 Å². The number of aryl methyl sites for hydroxylation is 1. The smallest absolute Gasteiger partial charge is 0.0294 e. The molecule has 94 valence electrons. The van der Waals surface area contributed by atoms with Crippen molar-refractivity contribution in [1.82, 2.24) is 0 Å². The molecule has 1 aromatic carbocycles. The van der Waals surface area contributed by atoms with Crippen LogP contribution >= 0.6 is 11.6 Å². The quantitative estimate of drug-likeness (QED) is 0.505. The largest absolute Gasteiger partial charge is 0.126 e. The lowest BCUT2D eigenvalue weighted by Gasteiger charge is -2.25. The van der Waals surface area contributed by atoms with E-state index in [0.717, 1.165) is 11.8 Å². The highest BCUT2D eigenvalue weighted by atomic mass is 35.5. The molecule has 1 aromatic rings. The van der Waals surface area contributed by atoms with Crippen molar-refractivity contribution in [2.45, 2.75) is 51.4 Å². The summed E-state index contributed by atoms with van der Waals surface area (Å²) in [7, 11) is 0. The van der Waals surface area contributed by atoms with E-state index in [1.807, 2.05) is 0 Å². The maximum atomic E-state index is 6.24. The first-order chi connectivity index (χ1) is 8.31. The van der Waals surface area contributed by atoms with Gasteiger partial charge in [-0.2, -0.15) is 0 Å². The molecule has 1 unspecified atom stereocenters. The number of hydrogen-bond acceptors (Lipinski definition) is 0. The molecule has 1 atom stereocenters. The van der Waals surface area contributed by atoms with Gasteiger partial charge in [-0.1, -0.05) is 55.5 Å². The van der Waals surface area contributed by atoms with E-state index in [4.69, 9.17) is 11.6 Å². The van der Waals surface area contributed by atoms with Crippen LogP contribution < -0.4 is 0 Å². The fourth-order valence-corrected chi connectivity index (χ4v) is 3.53. The highest BCUT2D eigenvalue weighted by molar-refractivity contribution is 6.18. The van der Waals surface area contributed by atoms with Gasteiger partial charge in [0.1, 0.15) is 0 Å². The van der Waals surface area contributed by atoms with Gasteiger partial charge in [-0.25, -0.2) is 0 Å². The van der Waals surface area contributed by atoms with Crippen LogP contribution in [-0.2, 0) is 0 Å². The van der Waals surface area contributed by atoms with E-state index < -0.39 is 0 Å². The third-order valence-electron chi connectivity index (χ3n) is 4.11. The average Bonchev–Trinajstić information content (AvgIpc) is 2.59. The molecule has 1 saturated carbocycles. The lowest BCUT2D eigenvalue weighted by molar-refractivity contribution is 0.397. The molecular weight excluding hydrogens is 228 g/mol. The minimum atomic E-state index is 0.565. The van der Waals surface area contributed by atoms with Gasteiger partial charge in [0.15, 0.2) is 0 Å². The van der Waals surface area contributed by atoms with E-state index >= 15 is 0 Å². The summed E-state index contributed by atoms with van der Waals surface area (Å²) in [4.78, 5) is 0. The summed E-state index contributed by atoms with van der Waals surface area (Å²) in [6.07, 6.45) is 8.35. The minimum absolute atomic E-state index is 0.565. The summed E-state index contributed by atoms with van der Waals surface area (Å²) >= 11 is 6.24. The highest BCUT2D eigenvalue weighted by Gasteiger charge is 2.23. The van der Waals surface area contributed by atoms with E-state index in [2.05, 4.69) is 31.2 Å². The Balaban J connectivity index is 2.14. The Morgan fingerprint density at radius 1 is 1.18 bits per heavy atom. The van der Waals surface area contributed by atoms with Crippen LogP contribution in [-0.4, -0.2) is 5.88 Å². The van der Waals surface area contributed by atoms with Crippen molar-refractivity contribution < 1.29 is 0 Å². The van der Waals surface area contributed by atoms with Gasteiger partial charge in [-0.3, -0.25) is 0 Å². The van der Waals surface area contributed by atoms with E-state index in [1.54, 1.807) is 0 Å². The molecule has 0 aromatic heterocycles. The lowest BCUT2D eigenvalue weighted by Crippen LogP contribution is -2.14. The van der Waals surface area contributed by atoms with Crippen molar-refractivity contribution >= 4 is 11.6 Å². The van der Waals surface area contributed by atoms with E-state index in [-0.39, 0.29) is 0 Å². The van der Waals surface area contributed by atoms with Crippen molar-refractivity contribution in [2.75, 3.05) is 5.88 Å². The molecule has 0 bridgehead atoms. The van der Waals surface area contributed by atoms with Gasteiger partial charge in [0, 0.05) is 11.8 Å². The van der Waals surface area contributed by atoms with Crippen LogP contribution in [0.3, 0.4) is 0 Å². The Morgan fingerprint density at radius 3 is 2.47 bits per heavy atom. The van der Waals surface area contributed by atoms with Crippen LogP contribution in [0.5, 0.6) is 0 Å². The molecule has 0 N–H and O–H groups in total. The predicted octanol–water partition coefficient (Wildman–Crippen LogP) is 5.29. The van der Waals surface area contributed by atoms with Crippen molar-refractivity contribution in [3.05, 3.63) is 35.4 Å². The van der Waals surface area contributed by atoms with Gasteiger partial charge in [0.25, 0.3) is 0 Å². The molecule has 0 radical (unpaired) electrons. The van der Waals surface area contributed by atoms with Gasteiger partial charge in [0.2, 0.25) is 0 Å². The first-order valence-electron chi connectivity index (χ1n) is 6.94. The Bertz CT molecular complexity index is 337. The SMILES string of the molecule is Cc1cccc(C(CCl)C2CCCCCC2)c1. The summed E-state index contributed by atoms with van der Waals surface area (Å²) in [6, 6.07) is 8.91. The fourth-order valence-electron chi connectivity index (χ4n) is 3.10. The number of rotatable bonds is 3. The van der Waals surface area contributed by atoms with Gasteiger partial charge in [-0.05, 0) is 31.2 Å². The average molecular weight is 251 g/mol. The molecule has 0 heterocycles. The third-order valence-corrected chi connectivity index (χ3v) is 4.44. The second kappa shape index (κ2) is 6.44. The fraction of sp³-hybridized carbons (Fsp3) is 0.625. The van der Waals surface area contributed by atoms with E-state index in [9.17, 15) is 0 Å². The van der Waals surface area contributed by atoms with Crippen LogP contribution in [0.2, 0.25) is 0 Å². The number of alkyl halides is 1. The monoisotopic (exact) mass is 250 g/mol. The van der Waals surface area contributed by atoms with Crippen molar-refractivity contribution in [3.63, 3.8) is 0 Å². The molecule has 1 heteroatoms. The summed E-state index contributed by atoms with van der Waals surface area (Å²) in [5.41, 5.74) is 2.80. The lowest BCUT2D eigenvalue weighted by atomic mass is 9.82. The second-order valence-corrected chi connectivity index (χ2v) is 5.74. The number of benzene rings is 1. The van der Waals surface area contributed by atoms with E-state index in [0.29, 0.717) is 5.92 Å². The van der Waals surface area contributed by atoms with Crippen molar-refractivity contribution in [1.29, 1.82) is 0 Å². The molecule has 0 amide bonds. The van der Waals surface area contributed by atoms with Gasteiger partial charge < -0.3 is 0 Å². The first-order valence-corrected chi connectivity index (χ1v) is 7.47. The summed E-state index contributed by atoms with van der Waals surface area (Å²) < 4.78 is 0. The molecular formula is C16H23Cl. The Morgan fingerprint density at radius 2 is 1.88 bits per heavy atom. The van der Waals surface area contributed by atoms with Crippen LogP contribution in [0.15, 0.2) is 24.3 Å². The van der Waals surface area contributed by atoms with Crippen LogP contribution in [0.4, 0.5) is 0 Å². The molecule has 17 heavy (non-hydrogen) atoms.